The summed E-state index contributed by atoms with van der Waals surface area (Å²) in [6.45, 7) is 3.46. The maximum Gasteiger partial charge on any atom is 0.410 e. The van der Waals surface area contributed by atoms with E-state index in [0.29, 0.717) is 32.5 Å². The van der Waals surface area contributed by atoms with Crippen LogP contribution in [0.15, 0.2) is 5.11 Å². The zero-order valence-electron chi connectivity index (χ0n) is 13.1. The van der Waals surface area contributed by atoms with Crippen molar-refractivity contribution < 1.29 is 19.1 Å². The van der Waals surface area contributed by atoms with Gasteiger partial charge in [-0.2, -0.15) is 0 Å². The highest BCUT2D eigenvalue weighted by Gasteiger charge is 2.30. The Bertz CT molecular complexity index is 410. The minimum Gasteiger partial charge on any atom is -0.463 e. The Morgan fingerprint density at radius 2 is 2.14 bits per heavy atom. The predicted octanol–water partition coefficient (Wildman–Crippen LogP) is 3.02. The molecule has 0 aliphatic carbocycles. The van der Waals surface area contributed by atoms with E-state index in [1.165, 1.54) is 0 Å². The standard InChI is InChI=1S/C14H24N4O4/c1-2-21-14(20)18-10-6-7-12(18)11-22-13(19)8-4-3-5-9-16-17-15/h12H,2-11H2,1H3/t12-/m0/s1. The maximum absolute atomic E-state index is 11.7. The number of ether oxygens (including phenoxy) is 2. The molecular formula is C14H24N4O4. The Morgan fingerprint density at radius 1 is 1.32 bits per heavy atom. The van der Waals surface area contributed by atoms with Gasteiger partial charge in [0.1, 0.15) is 6.61 Å². The second kappa shape index (κ2) is 10.7. The van der Waals surface area contributed by atoms with Crippen LogP contribution in [0.25, 0.3) is 10.4 Å². The molecule has 0 aromatic heterocycles. The van der Waals surface area contributed by atoms with Crippen LogP contribution in [0, 0.1) is 0 Å². The highest BCUT2D eigenvalue weighted by Crippen LogP contribution is 2.18. The molecule has 1 fully saturated rings. The SMILES string of the molecule is CCOC(=O)N1CCC[C@H]1COC(=O)CCCCCN=[N+]=[N-]. The Hall–Kier alpha value is -1.95. The van der Waals surface area contributed by atoms with E-state index in [2.05, 4.69) is 10.0 Å². The molecule has 22 heavy (non-hydrogen) atoms. The minimum atomic E-state index is -0.334. The third-order valence-electron chi connectivity index (χ3n) is 3.52. The minimum absolute atomic E-state index is 0.0760. The lowest BCUT2D eigenvalue weighted by Gasteiger charge is -2.23. The number of hydrogen-bond acceptors (Lipinski definition) is 5. The molecule has 0 aromatic carbocycles. The largest absolute Gasteiger partial charge is 0.463 e. The van der Waals surface area contributed by atoms with Crippen molar-refractivity contribution in [3.63, 3.8) is 0 Å². The van der Waals surface area contributed by atoms with Gasteiger partial charge in [0.25, 0.3) is 0 Å². The maximum atomic E-state index is 11.7. The van der Waals surface area contributed by atoms with Gasteiger partial charge in [-0.1, -0.05) is 11.5 Å². The Kier molecular flexibility index (Phi) is 8.83. The fraction of sp³-hybridized carbons (Fsp3) is 0.857. The molecule has 1 aliphatic heterocycles. The van der Waals surface area contributed by atoms with Crippen LogP contribution in [0.1, 0.15) is 45.4 Å². The lowest BCUT2D eigenvalue weighted by Crippen LogP contribution is -2.39. The molecule has 8 heteroatoms. The molecule has 1 atom stereocenters. The highest BCUT2D eigenvalue weighted by molar-refractivity contribution is 5.70. The molecule has 0 unspecified atom stereocenters. The van der Waals surface area contributed by atoms with E-state index in [-0.39, 0.29) is 24.7 Å². The van der Waals surface area contributed by atoms with Crippen molar-refractivity contribution in [1.29, 1.82) is 0 Å². The normalized spacial score (nSPS) is 17.0. The Labute approximate surface area is 130 Å². The van der Waals surface area contributed by atoms with E-state index in [0.717, 1.165) is 25.7 Å². The van der Waals surface area contributed by atoms with Crippen LogP contribution >= 0.6 is 0 Å². The third kappa shape index (κ3) is 6.67. The zero-order valence-corrected chi connectivity index (χ0v) is 13.1. The van der Waals surface area contributed by atoms with Gasteiger partial charge in [0.2, 0.25) is 0 Å². The molecule has 124 valence electrons. The number of carbonyl (C=O) groups is 2. The molecule has 1 rings (SSSR count). The molecule has 1 saturated heterocycles. The molecule has 1 amide bonds. The van der Waals surface area contributed by atoms with Gasteiger partial charge in [0.05, 0.1) is 12.6 Å². The van der Waals surface area contributed by atoms with Gasteiger partial charge in [-0.25, -0.2) is 4.79 Å². The summed E-state index contributed by atoms with van der Waals surface area (Å²) in [5, 5.41) is 3.43. The first-order valence-electron chi connectivity index (χ1n) is 7.79. The Balaban J connectivity index is 2.17. The smallest absolute Gasteiger partial charge is 0.410 e. The van der Waals surface area contributed by atoms with Crippen LogP contribution in [0.2, 0.25) is 0 Å². The number of likely N-dealkylation sites (tertiary alicyclic amines) is 1. The molecule has 0 aromatic rings. The lowest BCUT2D eigenvalue weighted by atomic mass is 10.2. The second-order valence-corrected chi connectivity index (χ2v) is 5.14. The predicted molar refractivity (Wildman–Crippen MR) is 80.2 cm³/mol. The summed E-state index contributed by atoms with van der Waals surface area (Å²) in [5.74, 6) is -0.250. The van der Waals surface area contributed by atoms with Crippen LogP contribution < -0.4 is 0 Å². The molecular weight excluding hydrogens is 288 g/mol. The van der Waals surface area contributed by atoms with Crippen molar-refractivity contribution >= 4 is 12.1 Å². The number of amides is 1. The fourth-order valence-electron chi connectivity index (χ4n) is 2.39. The number of hydrogen-bond donors (Lipinski definition) is 0. The number of azide groups is 1. The number of unbranched alkanes of at least 4 members (excludes halogenated alkanes) is 2. The van der Waals surface area contributed by atoms with E-state index in [9.17, 15) is 9.59 Å². The van der Waals surface area contributed by atoms with Gasteiger partial charge in [-0.3, -0.25) is 4.79 Å². The zero-order chi connectivity index (χ0) is 16.2. The van der Waals surface area contributed by atoms with Crippen LogP contribution in [-0.4, -0.2) is 49.3 Å². The van der Waals surface area contributed by atoms with E-state index < -0.39 is 0 Å². The third-order valence-corrected chi connectivity index (χ3v) is 3.52. The second-order valence-electron chi connectivity index (χ2n) is 5.14. The molecule has 0 saturated carbocycles. The number of rotatable bonds is 9. The van der Waals surface area contributed by atoms with Crippen molar-refractivity contribution in [1.82, 2.24) is 4.90 Å². The number of nitrogens with zero attached hydrogens (tertiary/aromatic N) is 4. The first-order chi connectivity index (χ1) is 10.7. The average molecular weight is 312 g/mol. The van der Waals surface area contributed by atoms with Gasteiger partial charge in [0, 0.05) is 24.4 Å². The van der Waals surface area contributed by atoms with Crippen molar-refractivity contribution in [2.45, 2.75) is 51.5 Å². The van der Waals surface area contributed by atoms with Crippen LogP contribution in [0.4, 0.5) is 4.79 Å². The van der Waals surface area contributed by atoms with Crippen LogP contribution in [0.3, 0.4) is 0 Å². The number of carbonyl (C=O) groups excluding carboxylic acids is 2. The van der Waals surface area contributed by atoms with Gasteiger partial charge < -0.3 is 14.4 Å². The molecule has 8 nitrogen and oxygen atoms in total. The molecule has 1 aliphatic rings. The summed E-state index contributed by atoms with van der Waals surface area (Å²) in [7, 11) is 0. The monoisotopic (exact) mass is 312 g/mol. The highest BCUT2D eigenvalue weighted by atomic mass is 16.6. The van der Waals surface area contributed by atoms with E-state index in [4.69, 9.17) is 15.0 Å². The van der Waals surface area contributed by atoms with Crippen LogP contribution in [0.5, 0.6) is 0 Å². The van der Waals surface area contributed by atoms with Crippen molar-refractivity contribution in [3.05, 3.63) is 10.4 Å². The lowest BCUT2D eigenvalue weighted by molar-refractivity contribution is -0.145. The first kappa shape index (κ1) is 18.1. The molecule has 0 N–H and O–H groups in total. The summed E-state index contributed by atoms with van der Waals surface area (Å²) in [5.41, 5.74) is 8.13. The van der Waals surface area contributed by atoms with Gasteiger partial charge in [-0.05, 0) is 38.1 Å². The van der Waals surface area contributed by atoms with Crippen molar-refractivity contribution in [2.75, 3.05) is 26.3 Å². The van der Waals surface area contributed by atoms with Gasteiger partial charge in [0.15, 0.2) is 0 Å². The first-order valence-corrected chi connectivity index (χ1v) is 7.79. The van der Waals surface area contributed by atoms with Crippen LogP contribution in [-0.2, 0) is 14.3 Å². The summed E-state index contributed by atoms with van der Waals surface area (Å²) in [6, 6.07) is -0.0760. The summed E-state index contributed by atoms with van der Waals surface area (Å²) < 4.78 is 10.2. The molecule has 0 bridgehead atoms. The molecule has 0 radical (unpaired) electrons. The molecule has 1 heterocycles. The van der Waals surface area contributed by atoms with E-state index in [1.807, 2.05) is 0 Å². The topological polar surface area (TPSA) is 105 Å². The summed E-state index contributed by atoms with van der Waals surface area (Å²) in [4.78, 5) is 27.7. The van der Waals surface area contributed by atoms with Gasteiger partial charge >= 0.3 is 12.1 Å². The van der Waals surface area contributed by atoms with E-state index in [1.54, 1.807) is 11.8 Å². The number of esters is 1. The van der Waals surface area contributed by atoms with Gasteiger partial charge in [-0.15, -0.1) is 0 Å². The fourth-order valence-corrected chi connectivity index (χ4v) is 2.39. The van der Waals surface area contributed by atoms with Crippen molar-refractivity contribution in [2.24, 2.45) is 5.11 Å². The average Bonchev–Trinajstić information content (AvgIpc) is 2.97. The quantitative estimate of drug-likeness (QED) is 0.214. The summed E-state index contributed by atoms with van der Waals surface area (Å²) >= 11 is 0. The van der Waals surface area contributed by atoms with Crippen molar-refractivity contribution in [3.8, 4) is 0 Å². The Morgan fingerprint density at radius 3 is 2.86 bits per heavy atom. The van der Waals surface area contributed by atoms with E-state index >= 15 is 0 Å². The summed E-state index contributed by atoms with van der Waals surface area (Å²) in [6.07, 6.45) is 4.06. The molecule has 0 spiro atoms.